The molecule has 1 fully saturated rings. The predicted molar refractivity (Wildman–Crippen MR) is 97.2 cm³/mol. The maximum absolute atomic E-state index is 12.5. The lowest BCUT2D eigenvalue weighted by atomic mass is 10.1. The second-order valence-electron chi connectivity index (χ2n) is 6.78. The van der Waals surface area contributed by atoms with Crippen LogP contribution in [0.1, 0.15) is 22.7 Å². The SMILES string of the molecule is COc1ccc(-c2nc(CC3CCN(C(=O)c4cn(C)cn4)C3)no2)cc1. The van der Waals surface area contributed by atoms with Crippen LogP contribution in [0.5, 0.6) is 5.75 Å². The molecule has 1 aliphatic heterocycles. The number of imidazole rings is 1. The number of methoxy groups -OCH3 is 1. The van der Waals surface area contributed by atoms with Crippen molar-refractivity contribution in [2.24, 2.45) is 13.0 Å². The molecule has 27 heavy (non-hydrogen) atoms. The molecule has 0 aliphatic carbocycles. The van der Waals surface area contributed by atoms with Crippen molar-refractivity contribution in [2.75, 3.05) is 20.2 Å². The number of aromatic nitrogens is 4. The van der Waals surface area contributed by atoms with Crippen LogP contribution >= 0.6 is 0 Å². The number of amides is 1. The first-order valence-corrected chi connectivity index (χ1v) is 8.86. The van der Waals surface area contributed by atoms with Crippen LogP contribution in [0.25, 0.3) is 11.5 Å². The van der Waals surface area contributed by atoms with Gasteiger partial charge in [0, 0.05) is 38.3 Å². The summed E-state index contributed by atoms with van der Waals surface area (Å²) in [5.74, 6) is 2.23. The fraction of sp³-hybridized carbons (Fsp3) is 0.368. The highest BCUT2D eigenvalue weighted by Gasteiger charge is 2.29. The van der Waals surface area contributed by atoms with Crippen LogP contribution < -0.4 is 4.74 Å². The van der Waals surface area contributed by atoms with Gasteiger partial charge in [-0.25, -0.2) is 4.98 Å². The molecule has 8 nitrogen and oxygen atoms in total. The van der Waals surface area contributed by atoms with Gasteiger partial charge in [0.2, 0.25) is 0 Å². The maximum atomic E-state index is 12.5. The fourth-order valence-electron chi connectivity index (χ4n) is 3.31. The molecule has 0 saturated carbocycles. The van der Waals surface area contributed by atoms with Gasteiger partial charge in [-0.2, -0.15) is 4.98 Å². The third-order valence-electron chi connectivity index (χ3n) is 4.77. The molecule has 0 bridgehead atoms. The molecule has 1 unspecified atom stereocenters. The van der Waals surface area contributed by atoms with E-state index >= 15 is 0 Å². The third kappa shape index (κ3) is 3.69. The van der Waals surface area contributed by atoms with Gasteiger partial charge in [-0.05, 0) is 36.6 Å². The normalized spacial score (nSPS) is 16.7. The molecule has 1 saturated heterocycles. The fourth-order valence-corrected chi connectivity index (χ4v) is 3.31. The van der Waals surface area contributed by atoms with Gasteiger partial charge in [-0.1, -0.05) is 5.16 Å². The van der Waals surface area contributed by atoms with Crippen LogP contribution in [-0.2, 0) is 13.5 Å². The molecular formula is C19H21N5O3. The molecule has 1 amide bonds. The number of rotatable bonds is 5. The molecule has 1 aliphatic rings. The largest absolute Gasteiger partial charge is 0.497 e. The first-order chi connectivity index (χ1) is 13.1. The van der Waals surface area contributed by atoms with Crippen LogP contribution in [0, 0.1) is 5.92 Å². The molecule has 1 aromatic carbocycles. The van der Waals surface area contributed by atoms with E-state index in [-0.39, 0.29) is 5.91 Å². The van der Waals surface area contributed by atoms with Gasteiger partial charge < -0.3 is 18.7 Å². The predicted octanol–water partition coefficient (Wildman–Crippen LogP) is 2.18. The molecular weight excluding hydrogens is 346 g/mol. The topological polar surface area (TPSA) is 86.3 Å². The lowest BCUT2D eigenvalue weighted by molar-refractivity contribution is 0.0781. The Balaban J connectivity index is 1.37. The molecule has 0 radical (unpaired) electrons. The Labute approximate surface area is 156 Å². The Morgan fingerprint density at radius 1 is 1.33 bits per heavy atom. The van der Waals surface area contributed by atoms with Gasteiger partial charge in [-0.15, -0.1) is 0 Å². The van der Waals surface area contributed by atoms with Crippen molar-refractivity contribution in [3.63, 3.8) is 0 Å². The van der Waals surface area contributed by atoms with E-state index < -0.39 is 0 Å². The van der Waals surface area contributed by atoms with Crippen LogP contribution in [0.2, 0.25) is 0 Å². The zero-order chi connectivity index (χ0) is 18.8. The quantitative estimate of drug-likeness (QED) is 0.687. The maximum Gasteiger partial charge on any atom is 0.274 e. The van der Waals surface area contributed by atoms with E-state index in [0.29, 0.717) is 36.3 Å². The number of likely N-dealkylation sites (tertiary alicyclic amines) is 1. The summed E-state index contributed by atoms with van der Waals surface area (Å²) in [5, 5.41) is 4.09. The smallest absolute Gasteiger partial charge is 0.274 e. The number of ether oxygens (including phenoxy) is 1. The first kappa shape index (κ1) is 17.3. The lowest BCUT2D eigenvalue weighted by Gasteiger charge is -2.14. The number of benzene rings is 1. The summed E-state index contributed by atoms with van der Waals surface area (Å²) in [6.07, 6.45) is 4.99. The van der Waals surface area contributed by atoms with Crippen molar-refractivity contribution in [2.45, 2.75) is 12.8 Å². The van der Waals surface area contributed by atoms with Gasteiger partial charge >= 0.3 is 0 Å². The van der Waals surface area contributed by atoms with Crippen LogP contribution in [0.15, 0.2) is 41.3 Å². The minimum atomic E-state index is -0.0230. The van der Waals surface area contributed by atoms with E-state index in [1.807, 2.05) is 36.2 Å². The summed E-state index contributed by atoms with van der Waals surface area (Å²) in [4.78, 5) is 23.0. The Hall–Kier alpha value is -3.16. The van der Waals surface area contributed by atoms with E-state index in [1.165, 1.54) is 0 Å². The van der Waals surface area contributed by atoms with Crippen molar-refractivity contribution in [1.29, 1.82) is 0 Å². The second kappa shape index (κ2) is 7.22. The lowest BCUT2D eigenvalue weighted by Crippen LogP contribution is -2.29. The Morgan fingerprint density at radius 3 is 2.85 bits per heavy atom. The van der Waals surface area contributed by atoms with Crippen molar-refractivity contribution >= 4 is 5.91 Å². The number of aryl methyl sites for hydroxylation is 1. The summed E-state index contributed by atoms with van der Waals surface area (Å²) < 4.78 is 12.3. The number of hydrogen-bond acceptors (Lipinski definition) is 6. The van der Waals surface area contributed by atoms with Crippen LogP contribution in [-0.4, -0.2) is 50.7 Å². The van der Waals surface area contributed by atoms with E-state index in [1.54, 1.807) is 24.2 Å². The van der Waals surface area contributed by atoms with E-state index in [4.69, 9.17) is 9.26 Å². The highest BCUT2D eigenvalue weighted by atomic mass is 16.5. The van der Waals surface area contributed by atoms with Crippen molar-refractivity contribution in [3.8, 4) is 17.2 Å². The van der Waals surface area contributed by atoms with Crippen molar-refractivity contribution < 1.29 is 14.1 Å². The Bertz CT molecular complexity index is 931. The number of nitrogens with zero attached hydrogens (tertiary/aromatic N) is 5. The summed E-state index contributed by atoms with van der Waals surface area (Å²) in [6.45, 7) is 1.41. The van der Waals surface area contributed by atoms with Crippen LogP contribution in [0.3, 0.4) is 0 Å². The summed E-state index contributed by atoms with van der Waals surface area (Å²) in [7, 11) is 3.48. The Kier molecular flexibility index (Phi) is 4.62. The van der Waals surface area contributed by atoms with Gasteiger partial charge in [0.15, 0.2) is 5.82 Å². The molecule has 3 heterocycles. The molecule has 1 atom stereocenters. The molecule has 140 valence electrons. The van der Waals surface area contributed by atoms with E-state index in [2.05, 4.69) is 15.1 Å². The van der Waals surface area contributed by atoms with Gasteiger partial charge in [0.1, 0.15) is 11.4 Å². The number of carbonyl (C=O) groups excluding carboxylic acids is 1. The van der Waals surface area contributed by atoms with Gasteiger partial charge in [0.25, 0.3) is 11.8 Å². The summed E-state index contributed by atoms with van der Waals surface area (Å²) >= 11 is 0. The highest BCUT2D eigenvalue weighted by molar-refractivity contribution is 5.92. The molecule has 3 aromatic rings. The molecule has 0 N–H and O–H groups in total. The van der Waals surface area contributed by atoms with Gasteiger partial charge in [-0.3, -0.25) is 4.79 Å². The van der Waals surface area contributed by atoms with E-state index in [0.717, 1.165) is 24.3 Å². The van der Waals surface area contributed by atoms with Gasteiger partial charge in [0.05, 0.1) is 13.4 Å². The van der Waals surface area contributed by atoms with E-state index in [9.17, 15) is 4.79 Å². The standard InChI is InChI=1S/C19H21N5O3/c1-23-11-16(20-12-23)19(25)24-8-7-13(10-24)9-17-21-18(27-22-17)14-3-5-15(26-2)6-4-14/h3-6,11-13H,7-10H2,1-2H3. The molecule has 2 aromatic heterocycles. The number of carbonyl (C=O) groups is 1. The summed E-state index contributed by atoms with van der Waals surface area (Å²) in [6, 6.07) is 7.49. The monoisotopic (exact) mass is 367 g/mol. The molecule has 0 spiro atoms. The average molecular weight is 367 g/mol. The highest BCUT2D eigenvalue weighted by Crippen LogP contribution is 2.24. The third-order valence-corrected chi connectivity index (χ3v) is 4.77. The minimum absolute atomic E-state index is 0.0230. The van der Waals surface area contributed by atoms with Crippen LogP contribution in [0.4, 0.5) is 0 Å². The van der Waals surface area contributed by atoms with Crippen molar-refractivity contribution in [3.05, 3.63) is 48.3 Å². The zero-order valence-electron chi connectivity index (χ0n) is 15.3. The first-order valence-electron chi connectivity index (χ1n) is 8.86. The Morgan fingerprint density at radius 2 is 2.15 bits per heavy atom. The average Bonchev–Trinajstić information content (AvgIpc) is 3.43. The summed E-state index contributed by atoms with van der Waals surface area (Å²) in [5.41, 5.74) is 1.34. The molecule has 4 rings (SSSR count). The molecule has 8 heteroatoms. The number of hydrogen-bond donors (Lipinski definition) is 0. The zero-order valence-corrected chi connectivity index (χ0v) is 15.3. The minimum Gasteiger partial charge on any atom is -0.497 e. The van der Waals surface area contributed by atoms with Crippen molar-refractivity contribution in [1.82, 2.24) is 24.6 Å². The second-order valence-corrected chi connectivity index (χ2v) is 6.78.